The van der Waals surface area contributed by atoms with Gasteiger partial charge in [-0.05, 0) is 28.5 Å². The normalized spacial score (nSPS) is 11.7. The van der Waals surface area contributed by atoms with Crippen molar-refractivity contribution in [2.75, 3.05) is 23.7 Å². The van der Waals surface area contributed by atoms with Gasteiger partial charge in [0, 0.05) is 36.6 Å². The molecule has 0 atom stereocenters. The lowest BCUT2D eigenvalue weighted by Crippen LogP contribution is -2.14. The second-order valence-corrected chi connectivity index (χ2v) is 8.13. The molecule has 0 aliphatic carbocycles. The number of fused-ring (bicyclic) bond motifs is 2. The zero-order chi connectivity index (χ0) is 20.8. The van der Waals surface area contributed by atoms with E-state index in [1.54, 1.807) is 18.2 Å². The standard InChI is InChI=1S/C18H15N5O5S/c1-22(2)14-7-3-6-12-11(14)5-4-8-16(12)29(26,27)21-13-9-10-15(23(24)25)18-17(13)19-28-20-18/h3-10,21H,1-2H3. The van der Waals surface area contributed by atoms with Crippen molar-refractivity contribution in [1.82, 2.24) is 10.3 Å². The van der Waals surface area contributed by atoms with Crippen molar-refractivity contribution in [3.63, 3.8) is 0 Å². The van der Waals surface area contributed by atoms with Gasteiger partial charge in [-0.25, -0.2) is 13.0 Å². The van der Waals surface area contributed by atoms with Crippen molar-refractivity contribution in [1.29, 1.82) is 0 Å². The first kappa shape index (κ1) is 18.6. The van der Waals surface area contributed by atoms with E-state index in [0.29, 0.717) is 5.39 Å². The van der Waals surface area contributed by atoms with E-state index in [0.717, 1.165) is 17.1 Å². The molecule has 0 saturated heterocycles. The summed E-state index contributed by atoms with van der Waals surface area (Å²) in [5.41, 5.74) is 0.399. The van der Waals surface area contributed by atoms with E-state index in [2.05, 4.69) is 19.7 Å². The topological polar surface area (TPSA) is 131 Å². The number of aromatic nitrogens is 2. The highest BCUT2D eigenvalue weighted by Crippen LogP contribution is 2.33. The van der Waals surface area contributed by atoms with Crippen LogP contribution in [0.5, 0.6) is 0 Å². The molecule has 0 aliphatic rings. The highest BCUT2D eigenvalue weighted by Gasteiger charge is 2.24. The molecule has 1 heterocycles. The summed E-state index contributed by atoms with van der Waals surface area (Å²) in [6.45, 7) is 0. The molecule has 0 unspecified atom stereocenters. The number of sulfonamides is 1. The number of nitrogens with zero attached hydrogens (tertiary/aromatic N) is 4. The van der Waals surface area contributed by atoms with Crippen molar-refractivity contribution in [2.45, 2.75) is 4.90 Å². The molecular weight excluding hydrogens is 398 g/mol. The first-order valence-corrected chi connectivity index (χ1v) is 9.89. The summed E-state index contributed by atoms with van der Waals surface area (Å²) in [5.74, 6) is 0. The molecule has 0 bridgehead atoms. The van der Waals surface area contributed by atoms with Gasteiger partial charge in [-0.3, -0.25) is 14.8 Å². The SMILES string of the molecule is CN(C)c1cccc2c(S(=O)(=O)Nc3ccc([N+](=O)[O-])c4nonc34)cccc12. The van der Waals surface area contributed by atoms with Crippen LogP contribution in [-0.4, -0.2) is 37.7 Å². The molecule has 1 aromatic heterocycles. The van der Waals surface area contributed by atoms with Crippen LogP contribution in [0.1, 0.15) is 0 Å². The number of anilines is 2. The highest BCUT2D eigenvalue weighted by atomic mass is 32.2. The molecule has 148 valence electrons. The monoisotopic (exact) mass is 413 g/mol. The molecule has 4 aromatic rings. The van der Waals surface area contributed by atoms with Crippen LogP contribution in [0, 0.1) is 10.1 Å². The van der Waals surface area contributed by atoms with E-state index >= 15 is 0 Å². The molecule has 4 rings (SSSR count). The van der Waals surface area contributed by atoms with Crippen molar-refractivity contribution in [3.05, 3.63) is 58.6 Å². The minimum atomic E-state index is -4.03. The summed E-state index contributed by atoms with van der Waals surface area (Å²) in [6.07, 6.45) is 0. The maximum Gasteiger partial charge on any atom is 0.300 e. The van der Waals surface area contributed by atoms with Gasteiger partial charge in [0.1, 0.15) is 0 Å². The minimum Gasteiger partial charge on any atom is -0.377 e. The van der Waals surface area contributed by atoms with Gasteiger partial charge in [-0.2, -0.15) is 0 Å². The third-order valence-electron chi connectivity index (χ3n) is 4.47. The molecule has 10 nitrogen and oxygen atoms in total. The van der Waals surface area contributed by atoms with Crippen LogP contribution >= 0.6 is 0 Å². The zero-order valence-electron chi connectivity index (χ0n) is 15.4. The first-order chi connectivity index (χ1) is 13.8. The molecule has 11 heteroatoms. The minimum absolute atomic E-state index is 0.0348. The second kappa shape index (κ2) is 6.71. The molecule has 1 N–H and O–H groups in total. The number of hydrogen-bond donors (Lipinski definition) is 1. The predicted molar refractivity (Wildman–Crippen MR) is 108 cm³/mol. The molecule has 0 amide bonds. The Labute approximate surface area is 164 Å². The lowest BCUT2D eigenvalue weighted by atomic mass is 10.1. The Balaban J connectivity index is 1.85. The van der Waals surface area contributed by atoms with Crippen LogP contribution in [0.2, 0.25) is 0 Å². The Morgan fingerprint density at radius 3 is 2.41 bits per heavy atom. The molecular formula is C18H15N5O5S. The largest absolute Gasteiger partial charge is 0.377 e. The van der Waals surface area contributed by atoms with E-state index in [1.807, 2.05) is 31.1 Å². The van der Waals surface area contributed by atoms with Crippen LogP contribution < -0.4 is 9.62 Å². The van der Waals surface area contributed by atoms with Gasteiger partial charge < -0.3 is 4.90 Å². The van der Waals surface area contributed by atoms with Gasteiger partial charge in [0.25, 0.3) is 10.0 Å². The summed E-state index contributed by atoms with van der Waals surface area (Å²) in [7, 11) is -0.284. The average molecular weight is 413 g/mol. The van der Waals surface area contributed by atoms with Gasteiger partial charge in [0.2, 0.25) is 5.52 Å². The molecule has 3 aromatic carbocycles. The Kier molecular flexibility index (Phi) is 4.31. The fourth-order valence-electron chi connectivity index (χ4n) is 3.17. The van der Waals surface area contributed by atoms with Gasteiger partial charge >= 0.3 is 5.69 Å². The van der Waals surface area contributed by atoms with Crippen LogP contribution in [0.15, 0.2) is 58.1 Å². The Bertz CT molecular complexity index is 1360. The lowest BCUT2D eigenvalue weighted by molar-refractivity contribution is -0.383. The zero-order valence-corrected chi connectivity index (χ0v) is 16.2. The molecule has 0 saturated carbocycles. The van der Waals surface area contributed by atoms with Crippen molar-refractivity contribution in [3.8, 4) is 0 Å². The van der Waals surface area contributed by atoms with Crippen LogP contribution in [-0.2, 0) is 10.0 Å². The second-order valence-electron chi connectivity index (χ2n) is 6.48. The van der Waals surface area contributed by atoms with Crippen LogP contribution in [0.25, 0.3) is 21.8 Å². The third-order valence-corrected chi connectivity index (χ3v) is 5.89. The van der Waals surface area contributed by atoms with Crippen molar-refractivity contribution in [2.24, 2.45) is 0 Å². The number of nitrogens with one attached hydrogen (secondary N) is 1. The average Bonchev–Trinajstić information content (AvgIpc) is 3.17. The number of nitro benzene ring substituents is 1. The number of rotatable bonds is 5. The van der Waals surface area contributed by atoms with Gasteiger partial charge in [0.05, 0.1) is 15.5 Å². The number of nitro groups is 1. The Morgan fingerprint density at radius 2 is 1.69 bits per heavy atom. The van der Waals surface area contributed by atoms with Crippen molar-refractivity contribution >= 4 is 48.9 Å². The summed E-state index contributed by atoms with van der Waals surface area (Å²) in [6, 6.07) is 12.8. The Hall–Kier alpha value is -3.73. The predicted octanol–water partition coefficient (Wildman–Crippen LogP) is 3.15. The number of benzene rings is 3. The molecule has 0 spiro atoms. The van der Waals surface area contributed by atoms with Gasteiger partial charge in [0.15, 0.2) is 5.52 Å². The molecule has 0 radical (unpaired) electrons. The fraction of sp³-hybridized carbons (Fsp3) is 0.111. The summed E-state index contributed by atoms with van der Waals surface area (Å²) >= 11 is 0. The number of non-ortho nitro benzene ring substituents is 1. The number of hydrogen-bond acceptors (Lipinski definition) is 8. The highest BCUT2D eigenvalue weighted by molar-refractivity contribution is 7.93. The third kappa shape index (κ3) is 3.10. The molecule has 0 aliphatic heterocycles. The van der Waals surface area contributed by atoms with Crippen LogP contribution in [0.3, 0.4) is 0 Å². The summed E-state index contributed by atoms with van der Waals surface area (Å²) < 4.78 is 33.3. The fourth-order valence-corrected chi connectivity index (χ4v) is 4.46. The van der Waals surface area contributed by atoms with Crippen LogP contribution in [0.4, 0.5) is 17.1 Å². The first-order valence-electron chi connectivity index (χ1n) is 8.41. The van der Waals surface area contributed by atoms with E-state index in [9.17, 15) is 18.5 Å². The van der Waals surface area contributed by atoms with E-state index < -0.39 is 14.9 Å². The lowest BCUT2D eigenvalue weighted by Gasteiger charge is -2.17. The molecule has 29 heavy (non-hydrogen) atoms. The molecule has 0 fully saturated rings. The maximum absolute atomic E-state index is 13.1. The van der Waals surface area contributed by atoms with Gasteiger partial charge in [-0.15, -0.1) is 0 Å². The van der Waals surface area contributed by atoms with Gasteiger partial charge in [-0.1, -0.05) is 24.3 Å². The quantitative estimate of drug-likeness (QED) is 0.390. The van der Waals surface area contributed by atoms with E-state index in [1.165, 1.54) is 12.1 Å². The Morgan fingerprint density at radius 1 is 1.00 bits per heavy atom. The van der Waals surface area contributed by atoms with E-state index in [4.69, 9.17) is 0 Å². The summed E-state index contributed by atoms with van der Waals surface area (Å²) in [4.78, 5) is 12.4. The summed E-state index contributed by atoms with van der Waals surface area (Å²) in [5, 5.41) is 19.6. The maximum atomic E-state index is 13.1. The van der Waals surface area contributed by atoms with E-state index in [-0.39, 0.29) is 27.3 Å². The smallest absolute Gasteiger partial charge is 0.300 e. The van der Waals surface area contributed by atoms with Crippen molar-refractivity contribution < 1.29 is 18.0 Å².